The Hall–Kier alpha value is -1.09. The van der Waals surface area contributed by atoms with Crippen LogP contribution in [0.15, 0.2) is 18.3 Å². The monoisotopic (exact) mass is 234 g/mol. The van der Waals surface area contributed by atoms with Gasteiger partial charge in [0.05, 0.1) is 18.8 Å². The van der Waals surface area contributed by atoms with E-state index < -0.39 is 0 Å². The van der Waals surface area contributed by atoms with Gasteiger partial charge in [-0.25, -0.2) is 0 Å². The summed E-state index contributed by atoms with van der Waals surface area (Å²) in [5, 5.41) is 3.42. The van der Waals surface area contributed by atoms with E-state index in [0.717, 1.165) is 17.4 Å². The molecule has 3 unspecified atom stereocenters. The van der Waals surface area contributed by atoms with E-state index >= 15 is 0 Å². The zero-order valence-electron chi connectivity index (χ0n) is 10.9. The predicted octanol–water partition coefficient (Wildman–Crippen LogP) is 2.79. The van der Waals surface area contributed by atoms with Crippen LogP contribution in [0.2, 0.25) is 0 Å². The van der Waals surface area contributed by atoms with E-state index in [1.54, 1.807) is 7.11 Å². The molecule has 1 aliphatic rings. The van der Waals surface area contributed by atoms with E-state index in [2.05, 4.69) is 17.2 Å². The minimum Gasteiger partial charge on any atom is -0.495 e. The molecule has 1 N–H and O–H groups in total. The third-order valence-corrected chi connectivity index (χ3v) is 3.98. The number of rotatable bonds is 4. The lowest BCUT2D eigenvalue weighted by Crippen LogP contribution is -2.28. The summed E-state index contributed by atoms with van der Waals surface area (Å²) in [6.07, 6.45) is 5.80. The molecule has 1 fully saturated rings. The molecular formula is C14H22N2O. The van der Waals surface area contributed by atoms with Gasteiger partial charge in [0.15, 0.2) is 0 Å². The van der Waals surface area contributed by atoms with Crippen LogP contribution in [-0.4, -0.2) is 19.1 Å². The average molecular weight is 234 g/mol. The lowest BCUT2D eigenvalue weighted by atomic mass is 9.88. The molecule has 0 amide bonds. The van der Waals surface area contributed by atoms with Crippen molar-refractivity contribution in [1.82, 2.24) is 10.3 Å². The number of nitrogens with one attached hydrogen (secondary N) is 1. The van der Waals surface area contributed by atoms with E-state index in [-0.39, 0.29) is 0 Å². The van der Waals surface area contributed by atoms with Crippen molar-refractivity contribution in [2.75, 3.05) is 14.2 Å². The van der Waals surface area contributed by atoms with Crippen molar-refractivity contribution in [3.8, 4) is 5.75 Å². The summed E-state index contributed by atoms with van der Waals surface area (Å²) in [4.78, 5) is 4.51. The Morgan fingerprint density at radius 2 is 2.29 bits per heavy atom. The number of aromatic nitrogens is 1. The Bertz CT molecular complexity index is 367. The van der Waals surface area contributed by atoms with Gasteiger partial charge in [0.1, 0.15) is 5.75 Å². The molecule has 0 bridgehead atoms. The molecule has 0 aliphatic heterocycles. The molecule has 0 saturated heterocycles. The van der Waals surface area contributed by atoms with Crippen molar-refractivity contribution >= 4 is 0 Å². The molecule has 1 aromatic rings. The first-order chi connectivity index (χ1) is 8.27. The third kappa shape index (κ3) is 2.44. The minimum absolute atomic E-state index is 0.309. The van der Waals surface area contributed by atoms with Crippen LogP contribution in [0, 0.1) is 11.8 Å². The molecule has 1 saturated carbocycles. The molecule has 3 nitrogen and oxygen atoms in total. The quantitative estimate of drug-likeness (QED) is 0.870. The summed E-state index contributed by atoms with van der Waals surface area (Å²) >= 11 is 0. The van der Waals surface area contributed by atoms with Gasteiger partial charge in [-0.1, -0.05) is 19.8 Å². The van der Waals surface area contributed by atoms with Gasteiger partial charge < -0.3 is 10.1 Å². The van der Waals surface area contributed by atoms with E-state index in [0.29, 0.717) is 12.0 Å². The molecule has 0 spiro atoms. The first kappa shape index (κ1) is 12.4. The smallest absolute Gasteiger partial charge is 0.141 e. The highest BCUT2D eigenvalue weighted by molar-refractivity contribution is 5.30. The Morgan fingerprint density at radius 3 is 2.88 bits per heavy atom. The Labute approximate surface area is 104 Å². The van der Waals surface area contributed by atoms with Crippen molar-refractivity contribution < 1.29 is 4.74 Å². The molecule has 17 heavy (non-hydrogen) atoms. The highest BCUT2D eigenvalue weighted by Gasteiger charge is 2.33. The van der Waals surface area contributed by atoms with Gasteiger partial charge in [0, 0.05) is 6.20 Å². The fourth-order valence-electron chi connectivity index (χ4n) is 3.03. The van der Waals surface area contributed by atoms with Gasteiger partial charge in [-0.3, -0.25) is 4.98 Å². The number of pyridine rings is 1. The second kappa shape index (κ2) is 5.50. The first-order valence-corrected chi connectivity index (χ1v) is 6.44. The van der Waals surface area contributed by atoms with Gasteiger partial charge in [-0.2, -0.15) is 0 Å². The van der Waals surface area contributed by atoms with Crippen LogP contribution in [0.5, 0.6) is 5.75 Å². The second-order valence-corrected chi connectivity index (χ2v) is 4.93. The largest absolute Gasteiger partial charge is 0.495 e. The molecule has 94 valence electrons. The zero-order chi connectivity index (χ0) is 12.3. The van der Waals surface area contributed by atoms with Crippen molar-refractivity contribution in [2.45, 2.75) is 32.2 Å². The number of hydrogen-bond donors (Lipinski definition) is 1. The molecule has 1 aromatic heterocycles. The predicted molar refractivity (Wildman–Crippen MR) is 69.1 cm³/mol. The lowest BCUT2D eigenvalue weighted by Gasteiger charge is -2.27. The normalized spacial score (nSPS) is 25.8. The number of methoxy groups -OCH3 is 1. The summed E-state index contributed by atoms with van der Waals surface area (Å²) in [6, 6.07) is 4.23. The summed E-state index contributed by atoms with van der Waals surface area (Å²) in [5.41, 5.74) is 1.05. The van der Waals surface area contributed by atoms with Gasteiger partial charge in [-0.05, 0) is 37.4 Å². The molecular weight excluding hydrogens is 212 g/mol. The fourth-order valence-corrected chi connectivity index (χ4v) is 3.03. The maximum atomic E-state index is 5.42. The van der Waals surface area contributed by atoms with E-state index in [4.69, 9.17) is 4.74 Å². The maximum absolute atomic E-state index is 5.42. The van der Waals surface area contributed by atoms with E-state index in [1.807, 2.05) is 25.4 Å². The van der Waals surface area contributed by atoms with Crippen LogP contribution >= 0.6 is 0 Å². The molecule has 2 rings (SSSR count). The van der Waals surface area contributed by atoms with Crippen LogP contribution in [0.1, 0.15) is 37.9 Å². The lowest BCUT2D eigenvalue weighted by molar-refractivity contribution is 0.299. The topological polar surface area (TPSA) is 34.2 Å². The van der Waals surface area contributed by atoms with Crippen LogP contribution in [0.25, 0.3) is 0 Å². The van der Waals surface area contributed by atoms with Gasteiger partial charge in [-0.15, -0.1) is 0 Å². The number of ether oxygens (including phenoxy) is 1. The number of nitrogens with zero attached hydrogens (tertiary/aromatic N) is 1. The van der Waals surface area contributed by atoms with Gasteiger partial charge in [0.25, 0.3) is 0 Å². The number of hydrogen-bond acceptors (Lipinski definition) is 3. The Balaban J connectivity index is 2.28. The SMILES string of the molecule is CNC(c1ncccc1OC)C1CCCC1C. The van der Waals surface area contributed by atoms with Crippen molar-refractivity contribution in [2.24, 2.45) is 11.8 Å². The van der Waals surface area contributed by atoms with Crippen LogP contribution < -0.4 is 10.1 Å². The average Bonchev–Trinajstić information content (AvgIpc) is 2.78. The van der Waals surface area contributed by atoms with Gasteiger partial charge >= 0.3 is 0 Å². The maximum Gasteiger partial charge on any atom is 0.141 e. The van der Waals surface area contributed by atoms with E-state index in [9.17, 15) is 0 Å². The Kier molecular flexibility index (Phi) is 4.00. The summed E-state index contributed by atoms with van der Waals surface area (Å²) < 4.78 is 5.42. The van der Waals surface area contributed by atoms with E-state index in [1.165, 1.54) is 19.3 Å². The molecule has 1 heterocycles. The molecule has 0 aromatic carbocycles. The van der Waals surface area contributed by atoms with Crippen LogP contribution in [0.3, 0.4) is 0 Å². The highest BCUT2D eigenvalue weighted by Crippen LogP contribution is 2.41. The van der Waals surface area contributed by atoms with Crippen molar-refractivity contribution in [1.29, 1.82) is 0 Å². The second-order valence-electron chi connectivity index (χ2n) is 4.93. The highest BCUT2D eigenvalue weighted by atomic mass is 16.5. The molecule has 3 atom stereocenters. The van der Waals surface area contributed by atoms with Crippen LogP contribution in [0.4, 0.5) is 0 Å². The Morgan fingerprint density at radius 1 is 1.47 bits per heavy atom. The fraction of sp³-hybridized carbons (Fsp3) is 0.643. The standard InChI is InChI=1S/C14H22N2O/c1-10-6-4-7-11(10)13(15-2)14-12(17-3)8-5-9-16-14/h5,8-11,13,15H,4,6-7H2,1-3H3. The van der Waals surface area contributed by atoms with Crippen LogP contribution in [-0.2, 0) is 0 Å². The zero-order valence-corrected chi connectivity index (χ0v) is 10.9. The summed E-state index contributed by atoms with van der Waals surface area (Å²) in [6.45, 7) is 2.34. The summed E-state index contributed by atoms with van der Waals surface area (Å²) in [5.74, 6) is 2.33. The molecule has 3 heteroatoms. The third-order valence-electron chi connectivity index (χ3n) is 3.98. The molecule has 1 aliphatic carbocycles. The van der Waals surface area contributed by atoms with Crippen molar-refractivity contribution in [3.05, 3.63) is 24.0 Å². The van der Waals surface area contributed by atoms with Crippen molar-refractivity contribution in [3.63, 3.8) is 0 Å². The summed E-state index contributed by atoms with van der Waals surface area (Å²) in [7, 11) is 3.73. The molecule has 0 radical (unpaired) electrons. The minimum atomic E-state index is 0.309. The van der Waals surface area contributed by atoms with Gasteiger partial charge in [0.2, 0.25) is 0 Å². The first-order valence-electron chi connectivity index (χ1n) is 6.44.